The van der Waals surface area contributed by atoms with Crippen molar-refractivity contribution in [1.82, 2.24) is 4.98 Å². The number of thiazole rings is 1. The zero-order valence-electron chi connectivity index (χ0n) is 13.3. The molecule has 1 aromatic heterocycles. The first-order valence-electron chi connectivity index (χ1n) is 7.74. The fourth-order valence-corrected chi connectivity index (χ4v) is 3.60. The van der Waals surface area contributed by atoms with Crippen molar-refractivity contribution in [2.75, 3.05) is 5.32 Å². The lowest BCUT2D eigenvalue weighted by Gasteiger charge is -2.08. The summed E-state index contributed by atoms with van der Waals surface area (Å²) in [7, 11) is 0. The van der Waals surface area contributed by atoms with E-state index in [1.54, 1.807) is 0 Å². The lowest BCUT2D eigenvalue weighted by atomic mass is 10.1. The average Bonchev–Trinajstić information content (AvgIpc) is 3.04. The van der Waals surface area contributed by atoms with E-state index in [1.165, 1.54) is 11.3 Å². The predicted octanol–water partition coefficient (Wildman–Crippen LogP) is 5.21. The van der Waals surface area contributed by atoms with Crippen molar-refractivity contribution in [3.8, 4) is 10.6 Å². The fraction of sp³-hybridized carbons (Fsp3) is 0.158. The van der Waals surface area contributed by atoms with E-state index in [2.05, 4.69) is 17.2 Å². The molecule has 0 saturated carbocycles. The van der Waals surface area contributed by atoms with E-state index in [4.69, 9.17) is 11.6 Å². The molecule has 122 valence electrons. The second kappa shape index (κ2) is 7.60. The highest BCUT2D eigenvalue weighted by molar-refractivity contribution is 7.13. The van der Waals surface area contributed by atoms with Crippen molar-refractivity contribution in [1.29, 1.82) is 0 Å². The quantitative estimate of drug-likeness (QED) is 0.682. The van der Waals surface area contributed by atoms with Crippen molar-refractivity contribution in [2.24, 2.45) is 0 Å². The van der Waals surface area contributed by atoms with Crippen LogP contribution in [0.15, 0.2) is 53.9 Å². The summed E-state index contributed by atoms with van der Waals surface area (Å²) < 4.78 is 0. The molecule has 0 aliphatic rings. The monoisotopic (exact) mass is 356 g/mol. The Bertz CT molecular complexity index is 860. The first-order chi connectivity index (χ1) is 11.7. The summed E-state index contributed by atoms with van der Waals surface area (Å²) in [5.41, 5.74) is 3.64. The number of rotatable bonds is 5. The topological polar surface area (TPSA) is 42.0 Å². The fourth-order valence-electron chi connectivity index (χ4n) is 2.46. The molecule has 0 atom stereocenters. The third-order valence-electron chi connectivity index (χ3n) is 3.67. The second-order valence-corrected chi connectivity index (χ2v) is 6.62. The SMILES string of the molecule is CCc1ccccc1NC(=O)Cc1csc(-c2ccccc2Cl)n1. The van der Waals surface area contributed by atoms with Gasteiger partial charge < -0.3 is 5.32 Å². The Balaban J connectivity index is 1.71. The van der Waals surface area contributed by atoms with Crippen LogP contribution in [0.5, 0.6) is 0 Å². The molecule has 2 aromatic carbocycles. The number of hydrogen-bond donors (Lipinski definition) is 1. The molecule has 1 N–H and O–H groups in total. The zero-order valence-corrected chi connectivity index (χ0v) is 14.8. The van der Waals surface area contributed by atoms with Gasteiger partial charge in [-0.3, -0.25) is 4.79 Å². The minimum atomic E-state index is -0.0630. The Morgan fingerprint density at radius 2 is 1.92 bits per heavy atom. The van der Waals surface area contributed by atoms with Crippen molar-refractivity contribution < 1.29 is 4.79 Å². The molecule has 0 fully saturated rings. The summed E-state index contributed by atoms with van der Waals surface area (Å²) in [6.07, 6.45) is 1.13. The third kappa shape index (κ3) is 3.83. The number of carbonyl (C=O) groups excluding carboxylic acids is 1. The maximum absolute atomic E-state index is 12.3. The number of nitrogens with zero attached hydrogens (tertiary/aromatic N) is 1. The van der Waals surface area contributed by atoms with Crippen LogP contribution in [0.3, 0.4) is 0 Å². The van der Waals surface area contributed by atoms with Gasteiger partial charge in [-0.15, -0.1) is 11.3 Å². The Kier molecular flexibility index (Phi) is 5.28. The molecule has 0 unspecified atom stereocenters. The molecule has 3 nitrogen and oxygen atoms in total. The lowest BCUT2D eigenvalue weighted by Crippen LogP contribution is -2.15. The van der Waals surface area contributed by atoms with Crippen LogP contribution in [-0.4, -0.2) is 10.9 Å². The highest BCUT2D eigenvalue weighted by Crippen LogP contribution is 2.30. The predicted molar refractivity (Wildman–Crippen MR) is 101 cm³/mol. The molecule has 0 aliphatic carbocycles. The average molecular weight is 357 g/mol. The maximum Gasteiger partial charge on any atom is 0.230 e. The van der Waals surface area contributed by atoms with Gasteiger partial charge in [0.1, 0.15) is 5.01 Å². The summed E-state index contributed by atoms with van der Waals surface area (Å²) in [6.45, 7) is 2.07. The van der Waals surface area contributed by atoms with Gasteiger partial charge >= 0.3 is 0 Å². The van der Waals surface area contributed by atoms with E-state index >= 15 is 0 Å². The zero-order chi connectivity index (χ0) is 16.9. The van der Waals surface area contributed by atoms with Crippen LogP contribution >= 0.6 is 22.9 Å². The molecule has 3 rings (SSSR count). The smallest absolute Gasteiger partial charge is 0.230 e. The van der Waals surface area contributed by atoms with E-state index in [0.717, 1.165) is 33.9 Å². The largest absolute Gasteiger partial charge is 0.325 e. The number of nitrogens with one attached hydrogen (secondary N) is 1. The number of benzene rings is 2. The number of aryl methyl sites for hydroxylation is 1. The van der Waals surface area contributed by atoms with Crippen molar-refractivity contribution in [3.63, 3.8) is 0 Å². The van der Waals surface area contributed by atoms with Crippen LogP contribution in [0.25, 0.3) is 10.6 Å². The lowest BCUT2D eigenvalue weighted by molar-refractivity contribution is -0.115. The molecule has 0 radical (unpaired) electrons. The summed E-state index contributed by atoms with van der Waals surface area (Å²) >= 11 is 7.70. The molecule has 0 saturated heterocycles. The number of para-hydroxylation sites is 1. The van der Waals surface area contributed by atoms with Gasteiger partial charge in [-0.25, -0.2) is 4.98 Å². The number of halogens is 1. The van der Waals surface area contributed by atoms with E-state index < -0.39 is 0 Å². The van der Waals surface area contributed by atoms with E-state index in [0.29, 0.717) is 5.02 Å². The van der Waals surface area contributed by atoms with Crippen molar-refractivity contribution in [2.45, 2.75) is 19.8 Å². The standard InChI is InChI=1S/C19H17ClN2OS/c1-2-13-7-3-6-10-17(13)22-18(23)11-14-12-24-19(21-14)15-8-4-5-9-16(15)20/h3-10,12H,2,11H2,1H3,(H,22,23). The minimum Gasteiger partial charge on any atom is -0.325 e. The van der Waals surface area contributed by atoms with Crippen LogP contribution in [0, 0.1) is 0 Å². The molecular weight excluding hydrogens is 340 g/mol. The Morgan fingerprint density at radius 1 is 1.17 bits per heavy atom. The van der Waals surface area contributed by atoms with Gasteiger partial charge in [0.15, 0.2) is 0 Å². The van der Waals surface area contributed by atoms with Crippen molar-refractivity contribution >= 4 is 34.5 Å². The summed E-state index contributed by atoms with van der Waals surface area (Å²) in [5, 5.41) is 6.37. The normalized spacial score (nSPS) is 10.6. The van der Waals surface area contributed by atoms with Gasteiger partial charge in [0.05, 0.1) is 17.1 Å². The van der Waals surface area contributed by atoms with Gasteiger partial charge in [-0.2, -0.15) is 0 Å². The Morgan fingerprint density at radius 3 is 2.71 bits per heavy atom. The maximum atomic E-state index is 12.3. The highest BCUT2D eigenvalue weighted by atomic mass is 35.5. The Labute approximate surface area is 150 Å². The van der Waals surface area contributed by atoms with Gasteiger partial charge in [0, 0.05) is 16.6 Å². The van der Waals surface area contributed by atoms with Crippen LogP contribution in [0.1, 0.15) is 18.2 Å². The van der Waals surface area contributed by atoms with E-state index in [1.807, 2.05) is 53.9 Å². The molecule has 5 heteroatoms. The number of aromatic nitrogens is 1. The molecule has 24 heavy (non-hydrogen) atoms. The van der Waals surface area contributed by atoms with Gasteiger partial charge in [0.2, 0.25) is 5.91 Å². The molecule has 0 spiro atoms. The third-order valence-corrected chi connectivity index (χ3v) is 4.92. The van der Waals surface area contributed by atoms with Gasteiger partial charge in [0.25, 0.3) is 0 Å². The first kappa shape index (κ1) is 16.7. The Hall–Kier alpha value is -2.17. The number of amides is 1. The molecule has 0 aliphatic heterocycles. The van der Waals surface area contributed by atoms with E-state index in [-0.39, 0.29) is 12.3 Å². The minimum absolute atomic E-state index is 0.0630. The summed E-state index contributed by atoms with van der Waals surface area (Å²) in [5.74, 6) is -0.0630. The number of carbonyl (C=O) groups is 1. The van der Waals surface area contributed by atoms with Crippen LogP contribution in [0.4, 0.5) is 5.69 Å². The second-order valence-electron chi connectivity index (χ2n) is 5.36. The molecule has 1 amide bonds. The van der Waals surface area contributed by atoms with Crippen LogP contribution in [0.2, 0.25) is 5.02 Å². The van der Waals surface area contributed by atoms with Gasteiger partial charge in [-0.05, 0) is 24.1 Å². The number of anilines is 1. The van der Waals surface area contributed by atoms with Crippen molar-refractivity contribution in [3.05, 3.63) is 70.2 Å². The van der Waals surface area contributed by atoms with E-state index in [9.17, 15) is 4.79 Å². The first-order valence-corrected chi connectivity index (χ1v) is 9.00. The van der Waals surface area contributed by atoms with Crippen LogP contribution < -0.4 is 5.32 Å². The van der Waals surface area contributed by atoms with Gasteiger partial charge in [-0.1, -0.05) is 54.9 Å². The summed E-state index contributed by atoms with van der Waals surface area (Å²) in [6, 6.07) is 15.4. The molecule has 3 aromatic rings. The van der Waals surface area contributed by atoms with Crippen LogP contribution in [-0.2, 0) is 17.6 Å². The molecular formula is C19H17ClN2OS. The molecule has 1 heterocycles. The molecule has 0 bridgehead atoms. The summed E-state index contributed by atoms with van der Waals surface area (Å²) in [4.78, 5) is 16.8. The highest BCUT2D eigenvalue weighted by Gasteiger charge is 2.12. The number of hydrogen-bond acceptors (Lipinski definition) is 3.